The van der Waals surface area contributed by atoms with E-state index in [1.54, 1.807) is 12.1 Å². The summed E-state index contributed by atoms with van der Waals surface area (Å²) in [5, 5.41) is 7.09. The normalized spacial score (nSPS) is 11.6. The first-order chi connectivity index (χ1) is 13.1. The lowest BCUT2D eigenvalue weighted by Crippen LogP contribution is -2.40. The molecule has 0 spiro atoms. The van der Waals surface area contributed by atoms with Gasteiger partial charge in [0.2, 0.25) is 0 Å². The summed E-state index contributed by atoms with van der Waals surface area (Å²) in [6.45, 7) is 2.49. The minimum Gasteiger partial charge on any atom is -0.370 e. The van der Waals surface area contributed by atoms with Crippen molar-refractivity contribution in [2.75, 3.05) is 18.5 Å². The SMILES string of the molecule is CC(CNC(=O)c1ccc(=O)n(-c2ccccc2)n1)N(C)c1ccccc1. The minimum absolute atomic E-state index is 0.0939. The molecule has 0 aliphatic carbocycles. The molecule has 2 aromatic carbocycles. The number of benzene rings is 2. The molecular weight excluding hydrogens is 340 g/mol. The third-order valence-electron chi connectivity index (χ3n) is 4.42. The van der Waals surface area contributed by atoms with Crippen molar-refractivity contribution in [3.05, 3.63) is 88.8 Å². The molecule has 6 heteroatoms. The van der Waals surface area contributed by atoms with Gasteiger partial charge < -0.3 is 10.2 Å². The second kappa shape index (κ2) is 8.31. The average molecular weight is 362 g/mol. The van der Waals surface area contributed by atoms with Crippen LogP contribution in [0.2, 0.25) is 0 Å². The Kier molecular flexibility index (Phi) is 5.66. The van der Waals surface area contributed by atoms with Crippen LogP contribution in [0.3, 0.4) is 0 Å². The number of carbonyl (C=O) groups excluding carboxylic acids is 1. The Balaban J connectivity index is 1.69. The van der Waals surface area contributed by atoms with Gasteiger partial charge in [-0.1, -0.05) is 36.4 Å². The van der Waals surface area contributed by atoms with Gasteiger partial charge in [0.25, 0.3) is 11.5 Å². The first-order valence-corrected chi connectivity index (χ1v) is 8.78. The van der Waals surface area contributed by atoms with E-state index in [1.165, 1.54) is 16.8 Å². The van der Waals surface area contributed by atoms with Crippen molar-refractivity contribution in [2.24, 2.45) is 0 Å². The molecule has 0 saturated heterocycles. The van der Waals surface area contributed by atoms with Crippen LogP contribution in [0.25, 0.3) is 5.69 Å². The van der Waals surface area contributed by atoms with Gasteiger partial charge in [-0.3, -0.25) is 9.59 Å². The van der Waals surface area contributed by atoms with Crippen LogP contribution in [0.1, 0.15) is 17.4 Å². The largest absolute Gasteiger partial charge is 0.370 e. The van der Waals surface area contributed by atoms with Crippen molar-refractivity contribution in [3.8, 4) is 5.69 Å². The maximum atomic E-state index is 12.5. The molecule has 0 saturated carbocycles. The summed E-state index contributed by atoms with van der Waals surface area (Å²) < 4.78 is 1.23. The number of rotatable bonds is 6. The number of likely N-dealkylation sites (N-methyl/N-ethyl adjacent to an activating group) is 1. The van der Waals surface area contributed by atoms with Crippen LogP contribution in [0, 0.1) is 0 Å². The maximum absolute atomic E-state index is 12.5. The van der Waals surface area contributed by atoms with E-state index >= 15 is 0 Å². The first kappa shape index (κ1) is 18.4. The van der Waals surface area contributed by atoms with Crippen molar-refractivity contribution in [1.29, 1.82) is 0 Å². The van der Waals surface area contributed by atoms with Crippen molar-refractivity contribution in [2.45, 2.75) is 13.0 Å². The lowest BCUT2D eigenvalue weighted by atomic mass is 10.2. The van der Waals surface area contributed by atoms with Crippen molar-refractivity contribution >= 4 is 11.6 Å². The van der Waals surface area contributed by atoms with Gasteiger partial charge in [0.1, 0.15) is 5.69 Å². The molecule has 27 heavy (non-hydrogen) atoms. The molecule has 1 atom stereocenters. The lowest BCUT2D eigenvalue weighted by molar-refractivity contribution is 0.0945. The van der Waals surface area contributed by atoms with Crippen LogP contribution in [-0.4, -0.2) is 35.3 Å². The minimum atomic E-state index is -0.312. The molecular formula is C21H22N4O2. The summed E-state index contributed by atoms with van der Waals surface area (Å²) in [7, 11) is 1.99. The zero-order valence-electron chi connectivity index (χ0n) is 15.4. The number of amides is 1. The summed E-state index contributed by atoms with van der Waals surface area (Å²) in [4.78, 5) is 26.7. The first-order valence-electron chi connectivity index (χ1n) is 8.78. The third-order valence-corrected chi connectivity index (χ3v) is 4.42. The monoisotopic (exact) mass is 362 g/mol. The Morgan fingerprint density at radius 3 is 2.33 bits per heavy atom. The van der Waals surface area contributed by atoms with Gasteiger partial charge in [-0.15, -0.1) is 0 Å². The highest BCUT2D eigenvalue weighted by Crippen LogP contribution is 2.13. The molecule has 1 amide bonds. The van der Waals surface area contributed by atoms with Gasteiger partial charge in [-0.25, -0.2) is 0 Å². The molecule has 1 aromatic heterocycles. The fourth-order valence-electron chi connectivity index (χ4n) is 2.67. The van der Waals surface area contributed by atoms with E-state index in [9.17, 15) is 9.59 Å². The fraction of sp³-hybridized carbons (Fsp3) is 0.190. The van der Waals surface area contributed by atoms with E-state index in [4.69, 9.17) is 0 Å². The van der Waals surface area contributed by atoms with E-state index in [2.05, 4.69) is 15.3 Å². The summed E-state index contributed by atoms with van der Waals surface area (Å²) >= 11 is 0. The van der Waals surface area contributed by atoms with Crippen LogP contribution in [0.15, 0.2) is 77.6 Å². The number of nitrogens with zero attached hydrogens (tertiary/aromatic N) is 3. The average Bonchev–Trinajstić information content (AvgIpc) is 2.72. The topological polar surface area (TPSA) is 67.2 Å². The molecule has 1 N–H and O–H groups in total. The van der Waals surface area contributed by atoms with Gasteiger partial charge in [-0.2, -0.15) is 9.78 Å². The summed E-state index contributed by atoms with van der Waals surface area (Å²) in [6.07, 6.45) is 0. The van der Waals surface area contributed by atoms with Gasteiger partial charge in [0.05, 0.1) is 5.69 Å². The number of para-hydroxylation sites is 2. The highest BCUT2D eigenvalue weighted by atomic mass is 16.2. The molecule has 0 bridgehead atoms. The van der Waals surface area contributed by atoms with Gasteiger partial charge >= 0.3 is 0 Å². The van der Waals surface area contributed by atoms with Gasteiger partial charge in [-0.05, 0) is 37.3 Å². The zero-order valence-corrected chi connectivity index (χ0v) is 15.4. The molecule has 1 heterocycles. The second-order valence-electron chi connectivity index (χ2n) is 6.31. The maximum Gasteiger partial charge on any atom is 0.271 e. The summed E-state index contributed by atoms with van der Waals surface area (Å²) in [5.74, 6) is -0.312. The lowest BCUT2D eigenvalue weighted by Gasteiger charge is -2.27. The molecule has 0 aliphatic heterocycles. The van der Waals surface area contributed by atoms with E-state index in [1.807, 2.05) is 62.5 Å². The standard InChI is InChI=1S/C21H22N4O2/c1-16(24(2)17-9-5-3-6-10-17)15-22-21(27)19-13-14-20(26)25(23-19)18-11-7-4-8-12-18/h3-14,16H,15H2,1-2H3,(H,22,27). The zero-order chi connectivity index (χ0) is 19.2. The Morgan fingerprint density at radius 2 is 1.67 bits per heavy atom. The van der Waals surface area contributed by atoms with E-state index < -0.39 is 0 Å². The molecule has 0 radical (unpaired) electrons. The molecule has 6 nitrogen and oxygen atoms in total. The van der Waals surface area contributed by atoms with Crippen molar-refractivity contribution in [3.63, 3.8) is 0 Å². The van der Waals surface area contributed by atoms with Crippen LogP contribution < -0.4 is 15.8 Å². The Morgan fingerprint density at radius 1 is 1.04 bits per heavy atom. The number of nitrogens with one attached hydrogen (secondary N) is 1. The number of aromatic nitrogens is 2. The highest BCUT2D eigenvalue weighted by Gasteiger charge is 2.14. The van der Waals surface area contributed by atoms with E-state index in [0.29, 0.717) is 12.2 Å². The molecule has 1 unspecified atom stereocenters. The second-order valence-corrected chi connectivity index (χ2v) is 6.31. The van der Waals surface area contributed by atoms with Crippen LogP contribution in [0.4, 0.5) is 5.69 Å². The predicted octanol–water partition coefficient (Wildman–Crippen LogP) is 2.49. The Hall–Kier alpha value is -3.41. The molecule has 0 aliphatic rings. The van der Waals surface area contributed by atoms with E-state index in [-0.39, 0.29) is 23.2 Å². The summed E-state index contributed by atoms with van der Waals surface area (Å²) in [6, 6.07) is 21.9. The molecule has 3 aromatic rings. The number of hydrogen-bond acceptors (Lipinski definition) is 4. The number of hydrogen-bond donors (Lipinski definition) is 1. The number of anilines is 1. The Labute approximate surface area is 158 Å². The number of carbonyl (C=O) groups is 1. The third kappa shape index (κ3) is 4.41. The Bertz CT molecular complexity index is 955. The fourth-order valence-corrected chi connectivity index (χ4v) is 2.67. The molecule has 138 valence electrons. The van der Waals surface area contributed by atoms with Crippen molar-refractivity contribution in [1.82, 2.24) is 15.1 Å². The van der Waals surface area contributed by atoms with Crippen LogP contribution in [-0.2, 0) is 0 Å². The molecule has 3 rings (SSSR count). The van der Waals surface area contributed by atoms with Crippen LogP contribution in [0.5, 0.6) is 0 Å². The van der Waals surface area contributed by atoms with Crippen molar-refractivity contribution < 1.29 is 4.79 Å². The summed E-state index contributed by atoms with van der Waals surface area (Å²) in [5.41, 5.74) is 1.62. The highest BCUT2D eigenvalue weighted by molar-refractivity contribution is 5.92. The van der Waals surface area contributed by atoms with Gasteiger partial charge in [0.15, 0.2) is 0 Å². The smallest absolute Gasteiger partial charge is 0.271 e. The van der Waals surface area contributed by atoms with Crippen LogP contribution >= 0.6 is 0 Å². The van der Waals surface area contributed by atoms with E-state index in [0.717, 1.165) is 5.69 Å². The quantitative estimate of drug-likeness (QED) is 0.732. The van der Waals surface area contributed by atoms with Gasteiger partial charge in [0, 0.05) is 31.4 Å². The molecule has 0 fully saturated rings. The predicted molar refractivity (Wildman–Crippen MR) is 106 cm³/mol.